The molecule has 1 aliphatic rings. The van der Waals surface area contributed by atoms with Crippen LogP contribution in [-0.2, 0) is 0 Å². The van der Waals surface area contributed by atoms with E-state index in [-0.39, 0.29) is 0 Å². The summed E-state index contributed by atoms with van der Waals surface area (Å²) < 4.78 is 6.20. The summed E-state index contributed by atoms with van der Waals surface area (Å²) in [6.45, 7) is 4.33. The highest BCUT2D eigenvalue weighted by Crippen LogP contribution is 2.36. The summed E-state index contributed by atoms with van der Waals surface area (Å²) >= 11 is 0. The summed E-state index contributed by atoms with van der Waals surface area (Å²) in [5.74, 6) is 2.35. The highest BCUT2D eigenvalue weighted by atomic mass is 16.3. The average Bonchev–Trinajstić information content (AvgIpc) is 3.06. The lowest BCUT2D eigenvalue weighted by Gasteiger charge is -2.31. The molecule has 4 heteroatoms. The molecule has 2 aromatic heterocycles. The molecule has 3 heterocycles. The van der Waals surface area contributed by atoms with Gasteiger partial charge in [-0.05, 0) is 30.9 Å². The van der Waals surface area contributed by atoms with Crippen LogP contribution in [0.2, 0.25) is 0 Å². The molecular weight excluding hydrogens is 322 g/mol. The van der Waals surface area contributed by atoms with Crippen molar-refractivity contribution in [3.63, 3.8) is 0 Å². The molecule has 1 unspecified atom stereocenters. The Morgan fingerprint density at radius 1 is 1.00 bits per heavy atom. The van der Waals surface area contributed by atoms with Crippen LogP contribution in [-0.4, -0.2) is 23.1 Å². The molecule has 0 saturated carbocycles. The Kier molecular flexibility index (Phi) is 3.63. The molecular formula is C22H21N3O. The SMILES string of the molecule is CC1CCCN(c2nc(-c3ccccc3)nc3c2oc2ccccc23)C1. The van der Waals surface area contributed by atoms with Gasteiger partial charge in [0.15, 0.2) is 17.2 Å². The molecule has 1 fully saturated rings. The Morgan fingerprint density at radius 2 is 1.81 bits per heavy atom. The maximum absolute atomic E-state index is 6.20. The number of furan rings is 1. The number of para-hydroxylation sites is 1. The van der Waals surface area contributed by atoms with Crippen molar-refractivity contribution in [3.8, 4) is 11.4 Å². The van der Waals surface area contributed by atoms with Crippen molar-refractivity contribution in [2.45, 2.75) is 19.8 Å². The van der Waals surface area contributed by atoms with Crippen LogP contribution in [0.3, 0.4) is 0 Å². The molecule has 5 rings (SSSR count). The minimum Gasteiger partial charge on any atom is -0.450 e. The number of nitrogens with zero attached hydrogens (tertiary/aromatic N) is 3. The van der Waals surface area contributed by atoms with Gasteiger partial charge in [0.2, 0.25) is 0 Å². The predicted octanol–water partition coefficient (Wildman–Crippen LogP) is 5.28. The van der Waals surface area contributed by atoms with Gasteiger partial charge in [-0.1, -0.05) is 49.4 Å². The fraction of sp³-hybridized carbons (Fsp3) is 0.273. The van der Waals surface area contributed by atoms with Crippen LogP contribution in [0.15, 0.2) is 59.0 Å². The number of hydrogen-bond donors (Lipinski definition) is 0. The van der Waals surface area contributed by atoms with Crippen LogP contribution < -0.4 is 4.90 Å². The first-order valence-electron chi connectivity index (χ1n) is 9.29. The van der Waals surface area contributed by atoms with Gasteiger partial charge in [0, 0.05) is 24.0 Å². The zero-order chi connectivity index (χ0) is 17.5. The van der Waals surface area contributed by atoms with Gasteiger partial charge in [0.25, 0.3) is 0 Å². The molecule has 1 saturated heterocycles. The monoisotopic (exact) mass is 343 g/mol. The molecule has 26 heavy (non-hydrogen) atoms. The summed E-state index contributed by atoms with van der Waals surface area (Å²) in [6.07, 6.45) is 2.46. The van der Waals surface area contributed by atoms with Crippen LogP contribution in [0.5, 0.6) is 0 Å². The van der Waals surface area contributed by atoms with Crippen molar-refractivity contribution in [1.82, 2.24) is 9.97 Å². The Hall–Kier alpha value is -2.88. The average molecular weight is 343 g/mol. The molecule has 130 valence electrons. The third-order valence-corrected chi connectivity index (χ3v) is 5.19. The van der Waals surface area contributed by atoms with Crippen molar-refractivity contribution in [3.05, 3.63) is 54.6 Å². The Balaban J connectivity index is 1.78. The van der Waals surface area contributed by atoms with Crippen molar-refractivity contribution in [1.29, 1.82) is 0 Å². The van der Waals surface area contributed by atoms with E-state index in [0.29, 0.717) is 5.92 Å². The number of rotatable bonds is 2. The van der Waals surface area contributed by atoms with Gasteiger partial charge in [-0.25, -0.2) is 9.97 Å². The zero-order valence-electron chi connectivity index (χ0n) is 14.9. The third-order valence-electron chi connectivity index (χ3n) is 5.19. The first-order chi connectivity index (χ1) is 12.8. The van der Waals surface area contributed by atoms with Crippen LogP contribution in [0.1, 0.15) is 19.8 Å². The Bertz CT molecular complexity index is 1070. The van der Waals surface area contributed by atoms with E-state index in [0.717, 1.165) is 52.4 Å². The van der Waals surface area contributed by atoms with Gasteiger partial charge < -0.3 is 9.32 Å². The second-order valence-corrected chi connectivity index (χ2v) is 7.21. The number of anilines is 1. The van der Waals surface area contributed by atoms with Gasteiger partial charge in [0.1, 0.15) is 11.1 Å². The van der Waals surface area contributed by atoms with Crippen molar-refractivity contribution in [2.75, 3.05) is 18.0 Å². The molecule has 4 nitrogen and oxygen atoms in total. The largest absolute Gasteiger partial charge is 0.450 e. The summed E-state index contributed by atoms with van der Waals surface area (Å²) in [4.78, 5) is 12.2. The number of fused-ring (bicyclic) bond motifs is 3. The maximum Gasteiger partial charge on any atom is 0.196 e. The highest BCUT2D eigenvalue weighted by Gasteiger charge is 2.24. The quantitative estimate of drug-likeness (QED) is 0.496. The van der Waals surface area contributed by atoms with Gasteiger partial charge in [0.05, 0.1) is 0 Å². The van der Waals surface area contributed by atoms with E-state index in [2.05, 4.69) is 30.0 Å². The lowest BCUT2D eigenvalue weighted by Crippen LogP contribution is -2.35. The fourth-order valence-corrected chi connectivity index (χ4v) is 3.89. The first-order valence-corrected chi connectivity index (χ1v) is 9.29. The second kappa shape index (κ2) is 6.13. The highest BCUT2D eigenvalue weighted by molar-refractivity contribution is 6.06. The van der Waals surface area contributed by atoms with E-state index in [1.54, 1.807) is 0 Å². The summed E-state index contributed by atoms with van der Waals surface area (Å²) in [7, 11) is 0. The van der Waals surface area contributed by atoms with E-state index >= 15 is 0 Å². The number of hydrogen-bond acceptors (Lipinski definition) is 4. The Morgan fingerprint density at radius 3 is 2.65 bits per heavy atom. The van der Waals surface area contributed by atoms with Crippen LogP contribution in [0.25, 0.3) is 33.5 Å². The first kappa shape index (κ1) is 15.4. The fourth-order valence-electron chi connectivity index (χ4n) is 3.89. The van der Waals surface area contributed by atoms with E-state index in [9.17, 15) is 0 Å². The smallest absolute Gasteiger partial charge is 0.196 e. The van der Waals surface area contributed by atoms with Gasteiger partial charge >= 0.3 is 0 Å². The minimum absolute atomic E-state index is 0.665. The molecule has 1 aliphatic heterocycles. The molecule has 2 aromatic carbocycles. The lowest BCUT2D eigenvalue weighted by atomic mass is 10.0. The molecule has 0 spiro atoms. The minimum atomic E-state index is 0.665. The normalized spacial score (nSPS) is 17.9. The number of benzene rings is 2. The van der Waals surface area contributed by atoms with Gasteiger partial charge in [-0.3, -0.25) is 0 Å². The summed E-state index contributed by atoms with van der Waals surface area (Å²) in [5.41, 5.74) is 3.61. The molecule has 0 bridgehead atoms. The van der Waals surface area contributed by atoms with Crippen molar-refractivity contribution in [2.24, 2.45) is 5.92 Å². The van der Waals surface area contributed by atoms with Crippen molar-refractivity contribution < 1.29 is 4.42 Å². The molecule has 0 radical (unpaired) electrons. The zero-order valence-corrected chi connectivity index (χ0v) is 14.9. The van der Waals surface area contributed by atoms with Crippen molar-refractivity contribution >= 4 is 27.9 Å². The van der Waals surface area contributed by atoms with Gasteiger partial charge in [-0.2, -0.15) is 0 Å². The predicted molar refractivity (Wildman–Crippen MR) is 105 cm³/mol. The molecule has 0 amide bonds. The molecule has 1 atom stereocenters. The van der Waals surface area contributed by atoms with E-state index in [1.807, 2.05) is 36.4 Å². The molecule has 4 aromatic rings. The van der Waals surface area contributed by atoms with Gasteiger partial charge in [-0.15, -0.1) is 0 Å². The van der Waals surface area contributed by atoms with E-state index < -0.39 is 0 Å². The second-order valence-electron chi connectivity index (χ2n) is 7.21. The lowest BCUT2D eigenvalue weighted by molar-refractivity contribution is 0.444. The summed E-state index contributed by atoms with van der Waals surface area (Å²) in [5, 5.41) is 1.05. The maximum atomic E-state index is 6.20. The van der Waals surface area contributed by atoms with E-state index in [1.165, 1.54) is 12.8 Å². The number of piperidine rings is 1. The number of aromatic nitrogens is 2. The third kappa shape index (κ3) is 2.53. The van der Waals surface area contributed by atoms with Crippen LogP contribution >= 0.6 is 0 Å². The van der Waals surface area contributed by atoms with E-state index in [4.69, 9.17) is 14.4 Å². The topological polar surface area (TPSA) is 42.2 Å². The molecule has 0 N–H and O–H groups in total. The van der Waals surface area contributed by atoms with Crippen LogP contribution in [0.4, 0.5) is 5.82 Å². The van der Waals surface area contributed by atoms with Crippen LogP contribution in [0, 0.1) is 5.92 Å². The standard InChI is InChI=1S/C22H21N3O/c1-15-8-7-13-25(14-15)22-20-19(17-11-5-6-12-18(17)26-20)23-21(24-22)16-9-3-2-4-10-16/h2-6,9-12,15H,7-8,13-14H2,1H3. The molecule has 0 aliphatic carbocycles. The summed E-state index contributed by atoms with van der Waals surface area (Å²) in [6, 6.07) is 18.3. The Labute approximate surface area is 152 Å².